The molecule has 0 heterocycles. The van der Waals surface area contributed by atoms with Crippen LogP contribution in [-0.2, 0) is 19.1 Å². The summed E-state index contributed by atoms with van der Waals surface area (Å²) in [5.74, 6) is -4.15. The lowest BCUT2D eigenvalue weighted by atomic mass is 9.89. The zero-order valence-corrected chi connectivity index (χ0v) is 10.3. The number of nitrogens with two attached hydrogens (primary N) is 1. The summed E-state index contributed by atoms with van der Waals surface area (Å²) in [7, 11) is 0. The van der Waals surface area contributed by atoms with Crippen LogP contribution in [-0.4, -0.2) is 35.5 Å². The van der Waals surface area contributed by atoms with Crippen LogP contribution in [0.25, 0.3) is 0 Å². The molecule has 0 saturated heterocycles. The van der Waals surface area contributed by atoms with Gasteiger partial charge in [0.15, 0.2) is 0 Å². The molecule has 0 aliphatic rings. The maximum absolute atomic E-state index is 11.5. The van der Waals surface area contributed by atoms with Crippen molar-refractivity contribution in [2.24, 2.45) is 17.6 Å². The van der Waals surface area contributed by atoms with Crippen LogP contribution in [0.2, 0.25) is 0 Å². The standard InChI is InChI=1S/C11H19NO5/c1-6(2)17-11(16)7(3)9(10(14)15)4-8(13)5-12/h6-7,9H,4-5,12H2,1-3H3,(H,14,15). The number of ether oxygens (including phenoxy) is 1. The number of hydrogen-bond acceptors (Lipinski definition) is 5. The first-order chi connectivity index (χ1) is 7.79. The van der Waals surface area contributed by atoms with Crippen molar-refractivity contribution in [3.63, 3.8) is 0 Å². The molecule has 0 amide bonds. The van der Waals surface area contributed by atoms with Gasteiger partial charge in [0.25, 0.3) is 0 Å². The monoisotopic (exact) mass is 245 g/mol. The number of carboxylic acids is 1. The fourth-order valence-corrected chi connectivity index (χ4v) is 1.31. The van der Waals surface area contributed by atoms with Gasteiger partial charge in [-0.05, 0) is 13.8 Å². The molecule has 3 N–H and O–H groups in total. The molecule has 98 valence electrons. The minimum absolute atomic E-state index is 0.226. The minimum atomic E-state index is -1.19. The molecule has 0 radical (unpaired) electrons. The van der Waals surface area contributed by atoms with E-state index >= 15 is 0 Å². The van der Waals surface area contributed by atoms with Crippen molar-refractivity contribution in [1.82, 2.24) is 0 Å². The highest BCUT2D eigenvalue weighted by atomic mass is 16.5. The first-order valence-electron chi connectivity index (χ1n) is 5.44. The number of esters is 1. The zero-order chi connectivity index (χ0) is 13.6. The molecule has 6 heteroatoms. The van der Waals surface area contributed by atoms with E-state index in [1.165, 1.54) is 6.92 Å². The van der Waals surface area contributed by atoms with E-state index < -0.39 is 23.8 Å². The van der Waals surface area contributed by atoms with Gasteiger partial charge in [-0.1, -0.05) is 6.92 Å². The van der Waals surface area contributed by atoms with E-state index in [0.717, 1.165) is 0 Å². The third-order valence-corrected chi connectivity index (χ3v) is 2.32. The SMILES string of the molecule is CC(C)OC(=O)C(C)C(CC(=O)CN)C(=O)O. The number of aliphatic carboxylic acids is 1. The molecule has 0 aliphatic heterocycles. The molecule has 2 unspecified atom stereocenters. The summed E-state index contributed by atoms with van der Waals surface area (Å²) in [6, 6.07) is 0. The number of hydrogen-bond donors (Lipinski definition) is 2. The van der Waals surface area contributed by atoms with Crippen LogP contribution in [0.15, 0.2) is 0 Å². The molecule has 0 saturated carbocycles. The van der Waals surface area contributed by atoms with Crippen LogP contribution in [0.3, 0.4) is 0 Å². The summed E-state index contributed by atoms with van der Waals surface area (Å²) >= 11 is 0. The number of ketones is 1. The van der Waals surface area contributed by atoms with Gasteiger partial charge < -0.3 is 15.6 Å². The van der Waals surface area contributed by atoms with Crippen molar-refractivity contribution in [3.8, 4) is 0 Å². The molecule has 0 aromatic carbocycles. The normalized spacial score (nSPS) is 14.2. The van der Waals surface area contributed by atoms with Crippen LogP contribution in [0.5, 0.6) is 0 Å². The Morgan fingerprint density at radius 1 is 1.24 bits per heavy atom. The Kier molecular flexibility index (Phi) is 6.42. The van der Waals surface area contributed by atoms with Gasteiger partial charge in [-0.2, -0.15) is 0 Å². The van der Waals surface area contributed by atoms with Crippen molar-refractivity contribution < 1.29 is 24.2 Å². The second kappa shape index (κ2) is 7.01. The van der Waals surface area contributed by atoms with Crippen LogP contribution >= 0.6 is 0 Å². The lowest BCUT2D eigenvalue weighted by Crippen LogP contribution is -2.33. The maximum atomic E-state index is 11.5. The van der Waals surface area contributed by atoms with Crippen LogP contribution in [0.1, 0.15) is 27.2 Å². The first kappa shape index (κ1) is 15.6. The average Bonchev–Trinajstić information content (AvgIpc) is 2.23. The molecular formula is C11H19NO5. The Morgan fingerprint density at radius 2 is 1.76 bits per heavy atom. The number of carboxylic acid groups (broad SMARTS) is 1. The van der Waals surface area contributed by atoms with Crippen molar-refractivity contribution in [2.45, 2.75) is 33.3 Å². The van der Waals surface area contributed by atoms with E-state index in [1.54, 1.807) is 13.8 Å². The maximum Gasteiger partial charge on any atom is 0.309 e. The third kappa shape index (κ3) is 5.44. The largest absolute Gasteiger partial charge is 0.481 e. The Bertz CT molecular complexity index is 300. The van der Waals surface area contributed by atoms with Gasteiger partial charge in [0.1, 0.15) is 5.78 Å². The van der Waals surface area contributed by atoms with Crippen molar-refractivity contribution in [3.05, 3.63) is 0 Å². The summed E-state index contributed by atoms with van der Waals surface area (Å²) in [5, 5.41) is 8.97. The minimum Gasteiger partial charge on any atom is -0.481 e. The molecular weight excluding hydrogens is 226 g/mol. The molecule has 0 spiro atoms. The Hall–Kier alpha value is -1.43. The van der Waals surface area contributed by atoms with Crippen LogP contribution in [0.4, 0.5) is 0 Å². The van der Waals surface area contributed by atoms with E-state index in [-0.39, 0.29) is 24.9 Å². The summed E-state index contributed by atoms with van der Waals surface area (Å²) < 4.78 is 4.91. The topological polar surface area (TPSA) is 107 Å². The first-order valence-corrected chi connectivity index (χ1v) is 5.44. The van der Waals surface area contributed by atoms with E-state index in [2.05, 4.69) is 0 Å². The highest BCUT2D eigenvalue weighted by molar-refractivity contribution is 5.88. The number of carbonyl (C=O) groups is 3. The second-order valence-electron chi connectivity index (χ2n) is 4.17. The van der Waals surface area contributed by atoms with Gasteiger partial charge in [-0.15, -0.1) is 0 Å². The lowest BCUT2D eigenvalue weighted by Gasteiger charge is -2.19. The Labute approximate surface area is 100 Å². The molecule has 0 aromatic rings. The molecule has 0 aromatic heterocycles. The van der Waals surface area contributed by atoms with Gasteiger partial charge >= 0.3 is 11.9 Å². The average molecular weight is 245 g/mol. The highest BCUT2D eigenvalue weighted by Crippen LogP contribution is 2.18. The molecule has 2 atom stereocenters. The summed E-state index contributed by atoms with van der Waals surface area (Å²) in [6.45, 7) is 4.56. The highest BCUT2D eigenvalue weighted by Gasteiger charge is 2.33. The van der Waals surface area contributed by atoms with Gasteiger partial charge in [0, 0.05) is 6.42 Å². The van der Waals surface area contributed by atoms with E-state index in [0.29, 0.717) is 0 Å². The smallest absolute Gasteiger partial charge is 0.309 e. The molecule has 0 rings (SSSR count). The molecule has 0 fully saturated rings. The van der Waals surface area contributed by atoms with Gasteiger partial charge in [-0.25, -0.2) is 0 Å². The summed E-state index contributed by atoms with van der Waals surface area (Å²) in [4.78, 5) is 33.7. The third-order valence-electron chi connectivity index (χ3n) is 2.32. The Morgan fingerprint density at radius 3 is 2.12 bits per heavy atom. The lowest BCUT2D eigenvalue weighted by molar-refractivity contribution is -0.160. The van der Waals surface area contributed by atoms with Gasteiger partial charge in [0.2, 0.25) is 0 Å². The van der Waals surface area contributed by atoms with E-state index in [1.807, 2.05) is 0 Å². The quantitative estimate of drug-likeness (QED) is 0.620. The van der Waals surface area contributed by atoms with E-state index in [9.17, 15) is 14.4 Å². The summed E-state index contributed by atoms with van der Waals surface area (Å²) in [5.41, 5.74) is 5.12. The fourth-order valence-electron chi connectivity index (χ4n) is 1.31. The predicted octanol–water partition coefficient (Wildman–Crippen LogP) is 0.193. The van der Waals surface area contributed by atoms with E-state index in [4.69, 9.17) is 15.6 Å². The Balaban J connectivity index is 4.65. The predicted molar refractivity (Wildman–Crippen MR) is 60.2 cm³/mol. The zero-order valence-electron chi connectivity index (χ0n) is 10.3. The fraction of sp³-hybridized carbons (Fsp3) is 0.727. The summed E-state index contributed by atoms with van der Waals surface area (Å²) in [6.07, 6.45) is -0.565. The van der Waals surface area contributed by atoms with Gasteiger partial charge in [-0.3, -0.25) is 14.4 Å². The van der Waals surface area contributed by atoms with Crippen LogP contribution in [0, 0.1) is 11.8 Å². The number of Topliss-reactive ketones (excluding diaryl/α,β-unsaturated/α-hetero) is 1. The molecule has 17 heavy (non-hydrogen) atoms. The van der Waals surface area contributed by atoms with Crippen molar-refractivity contribution in [2.75, 3.05) is 6.54 Å². The molecule has 0 bridgehead atoms. The van der Waals surface area contributed by atoms with Crippen LogP contribution < -0.4 is 5.73 Å². The number of carbonyl (C=O) groups excluding carboxylic acids is 2. The van der Waals surface area contributed by atoms with Gasteiger partial charge in [0.05, 0.1) is 24.5 Å². The molecule has 0 aliphatic carbocycles. The number of rotatable bonds is 7. The van der Waals surface area contributed by atoms with Crippen molar-refractivity contribution >= 4 is 17.7 Å². The van der Waals surface area contributed by atoms with Crippen molar-refractivity contribution in [1.29, 1.82) is 0 Å². The second-order valence-corrected chi connectivity index (χ2v) is 4.17. The molecule has 6 nitrogen and oxygen atoms in total.